The lowest BCUT2D eigenvalue weighted by atomic mass is 10.0. The van der Waals surface area contributed by atoms with Crippen molar-refractivity contribution in [3.8, 4) is 11.5 Å². The van der Waals surface area contributed by atoms with E-state index < -0.39 is 0 Å². The van der Waals surface area contributed by atoms with Gasteiger partial charge in [0.15, 0.2) is 0 Å². The van der Waals surface area contributed by atoms with E-state index in [9.17, 15) is 9.90 Å². The van der Waals surface area contributed by atoms with Gasteiger partial charge in [-0.3, -0.25) is 4.79 Å². The topological polar surface area (TPSA) is 84.6 Å². The summed E-state index contributed by atoms with van der Waals surface area (Å²) in [6.45, 7) is 4.54. The molecule has 2 rings (SSSR count). The number of rotatable bonds is 6. The zero-order chi connectivity index (χ0) is 16.8. The number of phenols is 1. The molecule has 23 heavy (non-hydrogen) atoms. The van der Waals surface area contributed by atoms with Gasteiger partial charge in [0, 0.05) is 5.69 Å². The molecule has 0 bridgehead atoms. The summed E-state index contributed by atoms with van der Waals surface area (Å²) in [4.78, 5) is 12.4. The number of nitrogens with one attached hydrogen (secondary N) is 1. The molecule has 122 valence electrons. The summed E-state index contributed by atoms with van der Waals surface area (Å²) in [6, 6.07) is 11.8. The molecule has 2 aromatic carbocycles. The van der Waals surface area contributed by atoms with Crippen LogP contribution >= 0.6 is 0 Å². The second-order valence-corrected chi connectivity index (χ2v) is 5.21. The maximum Gasteiger partial charge on any atom is 0.253 e. The van der Waals surface area contributed by atoms with Gasteiger partial charge in [0.25, 0.3) is 5.91 Å². The number of phenolic OH excluding ortho intramolecular Hbond substituents is 1. The number of carbonyl (C=O) groups is 1. The van der Waals surface area contributed by atoms with Crippen LogP contribution in [-0.4, -0.2) is 17.6 Å². The number of nitrogens with two attached hydrogens (primary N) is 1. The molecule has 2 aromatic rings. The first kappa shape index (κ1) is 16.7. The Morgan fingerprint density at radius 2 is 1.91 bits per heavy atom. The fourth-order valence-corrected chi connectivity index (χ4v) is 2.36. The number of nitrogen functional groups attached to an aromatic ring is 1. The first-order valence-electron chi connectivity index (χ1n) is 7.67. The van der Waals surface area contributed by atoms with E-state index in [0.29, 0.717) is 12.3 Å². The Balaban J connectivity index is 2.15. The number of hydrogen-bond acceptors (Lipinski definition) is 4. The predicted molar refractivity (Wildman–Crippen MR) is 90.6 cm³/mol. The third-order valence-corrected chi connectivity index (χ3v) is 3.59. The smallest absolute Gasteiger partial charge is 0.253 e. The van der Waals surface area contributed by atoms with E-state index in [2.05, 4.69) is 5.32 Å². The Bertz CT molecular complexity index is 668. The highest BCUT2D eigenvalue weighted by Gasteiger charge is 2.16. The summed E-state index contributed by atoms with van der Waals surface area (Å²) in [5, 5.41) is 12.5. The molecule has 1 atom stereocenters. The molecule has 0 aliphatic heterocycles. The Hall–Kier alpha value is -2.69. The number of hydrogen-bond donors (Lipinski definition) is 3. The van der Waals surface area contributed by atoms with Crippen molar-refractivity contribution in [2.45, 2.75) is 26.3 Å². The fourth-order valence-electron chi connectivity index (χ4n) is 2.36. The molecule has 0 spiro atoms. The van der Waals surface area contributed by atoms with Crippen LogP contribution in [0.2, 0.25) is 0 Å². The maximum atomic E-state index is 12.4. The van der Waals surface area contributed by atoms with Crippen LogP contribution in [0.5, 0.6) is 11.5 Å². The number of anilines is 1. The van der Waals surface area contributed by atoms with Crippen molar-refractivity contribution in [1.29, 1.82) is 0 Å². The molecule has 4 N–H and O–H groups in total. The van der Waals surface area contributed by atoms with Crippen LogP contribution in [0.1, 0.15) is 42.2 Å². The number of aromatic hydroxyl groups is 1. The van der Waals surface area contributed by atoms with Gasteiger partial charge in [0.2, 0.25) is 0 Å². The summed E-state index contributed by atoms with van der Waals surface area (Å²) >= 11 is 0. The van der Waals surface area contributed by atoms with Gasteiger partial charge in [0.05, 0.1) is 18.2 Å². The van der Waals surface area contributed by atoms with Crippen LogP contribution in [0.4, 0.5) is 5.69 Å². The summed E-state index contributed by atoms with van der Waals surface area (Å²) in [5.74, 6) is 0.507. The van der Waals surface area contributed by atoms with Crippen LogP contribution in [0.3, 0.4) is 0 Å². The molecule has 0 aromatic heterocycles. The van der Waals surface area contributed by atoms with Crippen LogP contribution in [0.15, 0.2) is 42.5 Å². The summed E-state index contributed by atoms with van der Waals surface area (Å²) < 4.78 is 5.42. The average molecular weight is 314 g/mol. The molecule has 0 heterocycles. The normalized spacial score (nSPS) is 11.7. The van der Waals surface area contributed by atoms with Crippen LogP contribution in [0.25, 0.3) is 0 Å². The van der Waals surface area contributed by atoms with Gasteiger partial charge in [-0.15, -0.1) is 0 Å². The van der Waals surface area contributed by atoms with Gasteiger partial charge in [-0.1, -0.05) is 19.1 Å². The van der Waals surface area contributed by atoms with E-state index in [1.165, 1.54) is 18.2 Å². The summed E-state index contributed by atoms with van der Waals surface area (Å²) in [6.07, 6.45) is 0.735. The van der Waals surface area contributed by atoms with Crippen molar-refractivity contribution in [3.63, 3.8) is 0 Å². The van der Waals surface area contributed by atoms with Gasteiger partial charge in [-0.2, -0.15) is 0 Å². The monoisotopic (exact) mass is 314 g/mol. The number of carbonyl (C=O) groups excluding carboxylic acids is 1. The van der Waals surface area contributed by atoms with Gasteiger partial charge in [0.1, 0.15) is 11.5 Å². The molecule has 0 saturated carbocycles. The molecular weight excluding hydrogens is 292 g/mol. The SMILES string of the molecule is CCOc1ccc(C(CC)NC(=O)c2cc(O)ccc2N)cc1. The molecule has 0 saturated heterocycles. The molecule has 0 fully saturated rings. The standard InChI is InChI=1S/C18H22N2O3/c1-3-17(12-5-8-14(9-6-12)23-4-2)20-18(22)15-11-13(21)7-10-16(15)19/h5-11,17,21H,3-4,19H2,1-2H3,(H,20,22). The largest absolute Gasteiger partial charge is 0.508 e. The zero-order valence-corrected chi connectivity index (χ0v) is 13.4. The second kappa shape index (κ2) is 7.54. The van der Waals surface area contributed by atoms with Gasteiger partial charge in [-0.25, -0.2) is 0 Å². The minimum absolute atomic E-state index is 0.0125. The van der Waals surface area contributed by atoms with Gasteiger partial charge in [-0.05, 0) is 49.2 Å². The molecule has 1 amide bonds. The van der Waals surface area contributed by atoms with Crippen molar-refractivity contribution < 1.29 is 14.6 Å². The van der Waals surface area contributed by atoms with E-state index >= 15 is 0 Å². The Labute approximate surface area is 136 Å². The van der Waals surface area contributed by atoms with E-state index in [0.717, 1.165) is 17.7 Å². The Kier molecular flexibility index (Phi) is 5.46. The number of amides is 1. The minimum atomic E-state index is -0.306. The van der Waals surface area contributed by atoms with E-state index in [1.54, 1.807) is 0 Å². The first-order chi connectivity index (χ1) is 11.0. The number of benzene rings is 2. The van der Waals surface area contributed by atoms with Gasteiger partial charge < -0.3 is 20.9 Å². The lowest BCUT2D eigenvalue weighted by Gasteiger charge is -2.18. The quantitative estimate of drug-likeness (QED) is 0.564. The number of ether oxygens (including phenoxy) is 1. The highest BCUT2D eigenvalue weighted by molar-refractivity contribution is 5.99. The highest BCUT2D eigenvalue weighted by atomic mass is 16.5. The van der Waals surface area contributed by atoms with Crippen molar-refractivity contribution in [2.24, 2.45) is 0 Å². The second-order valence-electron chi connectivity index (χ2n) is 5.21. The third kappa shape index (κ3) is 4.16. The van der Waals surface area contributed by atoms with Crippen molar-refractivity contribution in [2.75, 3.05) is 12.3 Å². The minimum Gasteiger partial charge on any atom is -0.508 e. The lowest BCUT2D eigenvalue weighted by Crippen LogP contribution is -2.28. The highest BCUT2D eigenvalue weighted by Crippen LogP contribution is 2.23. The van der Waals surface area contributed by atoms with E-state index in [1.807, 2.05) is 38.1 Å². The maximum absolute atomic E-state index is 12.4. The van der Waals surface area contributed by atoms with Crippen molar-refractivity contribution >= 4 is 11.6 Å². The van der Waals surface area contributed by atoms with Crippen LogP contribution in [0, 0.1) is 0 Å². The van der Waals surface area contributed by atoms with Crippen molar-refractivity contribution in [1.82, 2.24) is 5.32 Å². The Morgan fingerprint density at radius 3 is 2.52 bits per heavy atom. The van der Waals surface area contributed by atoms with Crippen LogP contribution in [-0.2, 0) is 0 Å². The molecule has 0 aliphatic carbocycles. The average Bonchev–Trinajstić information content (AvgIpc) is 2.56. The van der Waals surface area contributed by atoms with E-state index in [4.69, 9.17) is 10.5 Å². The zero-order valence-electron chi connectivity index (χ0n) is 13.4. The summed E-state index contributed by atoms with van der Waals surface area (Å²) in [7, 11) is 0. The molecule has 5 heteroatoms. The van der Waals surface area contributed by atoms with Gasteiger partial charge >= 0.3 is 0 Å². The lowest BCUT2D eigenvalue weighted by molar-refractivity contribution is 0.0936. The van der Waals surface area contributed by atoms with E-state index in [-0.39, 0.29) is 23.3 Å². The molecule has 0 aliphatic rings. The summed E-state index contributed by atoms with van der Waals surface area (Å²) in [5.41, 5.74) is 7.41. The Morgan fingerprint density at radius 1 is 1.22 bits per heavy atom. The van der Waals surface area contributed by atoms with Crippen molar-refractivity contribution in [3.05, 3.63) is 53.6 Å². The van der Waals surface area contributed by atoms with Crippen LogP contribution < -0.4 is 15.8 Å². The molecule has 5 nitrogen and oxygen atoms in total. The molecular formula is C18H22N2O3. The molecule has 0 radical (unpaired) electrons. The fraction of sp³-hybridized carbons (Fsp3) is 0.278. The molecule has 1 unspecified atom stereocenters. The first-order valence-corrected chi connectivity index (χ1v) is 7.67. The predicted octanol–water partition coefficient (Wildman–Crippen LogP) is 3.25. The third-order valence-electron chi connectivity index (χ3n) is 3.59.